The normalized spacial score (nSPS) is 11.5. The van der Waals surface area contributed by atoms with Crippen molar-refractivity contribution in [3.05, 3.63) is 68.8 Å². The van der Waals surface area contributed by atoms with E-state index in [1.807, 2.05) is 0 Å². The molecule has 0 amide bonds. The van der Waals surface area contributed by atoms with E-state index in [-0.39, 0.29) is 45.9 Å². The Hall–Kier alpha value is -5.54. The molecule has 0 aliphatic heterocycles. The van der Waals surface area contributed by atoms with Gasteiger partial charge in [-0.1, -0.05) is 0 Å². The molecule has 0 unspecified atom stereocenters. The lowest BCUT2D eigenvalue weighted by Gasteiger charge is -2.05. The zero-order chi connectivity index (χ0) is 24.4. The minimum atomic E-state index is -0.534. The number of azo groups is 2. The summed E-state index contributed by atoms with van der Waals surface area (Å²) < 4.78 is 1.17. The second-order valence-electron chi connectivity index (χ2n) is 6.65. The van der Waals surface area contributed by atoms with E-state index in [4.69, 9.17) is 17.2 Å². The van der Waals surface area contributed by atoms with E-state index in [9.17, 15) is 20.2 Å². The predicted octanol–water partition coefficient (Wildman–Crippen LogP) is 4.12. The largest absolute Gasteiger partial charge is 0.382 e. The summed E-state index contributed by atoms with van der Waals surface area (Å²) in [4.78, 5) is 24.6. The van der Waals surface area contributed by atoms with Crippen molar-refractivity contribution in [1.82, 2.24) is 14.6 Å². The third-order valence-corrected chi connectivity index (χ3v) is 4.45. The topological polar surface area (TPSA) is 244 Å². The number of nitrogen functional groups attached to an aromatic ring is 3. The molecule has 0 radical (unpaired) electrons. The molecular formula is C18H14N12O4. The lowest BCUT2D eigenvalue weighted by Crippen LogP contribution is -2.04. The minimum Gasteiger partial charge on any atom is -0.382 e. The number of nitro benzene ring substituents is 2. The van der Waals surface area contributed by atoms with Gasteiger partial charge in [-0.2, -0.15) is 14.7 Å². The van der Waals surface area contributed by atoms with Crippen molar-refractivity contribution in [2.75, 3.05) is 17.2 Å². The molecule has 0 saturated heterocycles. The van der Waals surface area contributed by atoms with E-state index in [2.05, 4.69) is 30.5 Å². The summed E-state index contributed by atoms with van der Waals surface area (Å²) in [5.74, 6) is -0.173. The fraction of sp³-hybridized carbons (Fsp3) is 0. The Bertz CT molecular complexity index is 1480. The Morgan fingerprint density at radius 2 is 1.18 bits per heavy atom. The van der Waals surface area contributed by atoms with Crippen LogP contribution in [0.1, 0.15) is 0 Å². The van der Waals surface area contributed by atoms with Crippen LogP contribution in [0.5, 0.6) is 0 Å². The molecule has 2 heterocycles. The van der Waals surface area contributed by atoms with Crippen LogP contribution >= 0.6 is 0 Å². The van der Waals surface area contributed by atoms with E-state index in [0.29, 0.717) is 11.4 Å². The van der Waals surface area contributed by atoms with Gasteiger partial charge in [-0.25, -0.2) is 4.98 Å². The number of fused-ring (bicyclic) bond motifs is 1. The molecule has 4 aromatic rings. The highest BCUT2D eigenvalue weighted by Gasteiger charge is 2.19. The number of hydrogen-bond donors (Lipinski definition) is 3. The van der Waals surface area contributed by atoms with E-state index < -0.39 is 9.85 Å². The van der Waals surface area contributed by atoms with Crippen molar-refractivity contribution in [2.24, 2.45) is 20.5 Å². The Morgan fingerprint density at radius 3 is 1.65 bits per heavy atom. The van der Waals surface area contributed by atoms with Gasteiger partial charge >= 0.3 is 0 Å². The molecule has 2 aromatic heterocycles. The fourth-order valence-electron chi connectivity index (χ4n) is 2.78. The first-order valence-corrected chi connectivity index (χ1v) is 9.30. The SMILES string of the molecule is Nc1nc2c(N=Nc3ccc([N+](=O)[O-])cc3)c(N)nn2c(N)c1N=Nc1ccc([N+](=O)[O-])cc1. The van der Waals surface area contributed by atoms with Crippen LogP contribution in [0.4, 0.5) is 51.6 Å². The number of rotatable bonds is 6. The summed E-state index contributed by atoms with van der Waals surface area (Å²) >= 11 is 0. The average molecular weight is 462 g/mol. The molecule has 0 atom stereocenters. The summed E-state index contributed by atoms with van der Waals surface area (Å²) in [6.45, 7) is 0. The summed E-state index contributed by atoms with van der Waals surface area (Å²) in [5.41, 5.74) is 18.7. The molecule has 0 saturated carbocycles. The third-order valence-electron chi connectivity index (χ3n) is 4.45. The van der Waals surface area contributed by atoms with Gasteiger partial charge in [0.25, 0.3) is 11.4 Å². The van der Waals surface area contributed by atoms with Gasteiger partial charge in [-0.15, -0.1) is 15.3 Å². The van der Waals surface area contributed by atoms with Gasteiger partial charge in [0, 0.05) is 24.3 Å². The Labute approximate surface area is 188 Å². The number of hydrogen-bond acceptors (Lipinski definition) is 13. The molecule has 6 N–H and O–H groups in total. The monoisotopic (exact) mass is 462 g/mol. The van der Waals surface area contributed by atoms with E-state index >= 15 is 0 Å². The molecule has 4 rings (SSSR count). The van der Waals surface area contributed by atoms with Crippen LogP contribution in [0, 0.1) is 20.2 Å². The fourth-order valence-corrected chi connectivity index (χ4v) is 2.78. The average Bonchev–Trinajstić information content (AvgIpc) is 3.13. The Balaban J connectivity index is 1.66. The lowest BCUT2D eigenvalue weighted by atomic mass is 10.3. The summed E-state index contributed by atoms with van der Waals surface area (Å²) in [7, 11) is 0. The highest BCUT2D eigenvalue weighted by Crippen LogP contribution is 2.36. The standard InChI is InChI=1S/C18H14N12O4/c19-15-13(25-23-9-1-5-11(6-2-9)29(31)32)17(21)28-18(22-15)14(16(20)27-28)26-24-10-3-7-12(8-4-10)30(33)34/h1-8H,21H2,(H2,19,22)(H2,20,27). The number of nitrogens with two attached hydrogens (primary N) is 3. The number of nitro groups is 2. The maximum Gasteiger partial charge on any atom is 0.269 e. The first-order valence-electron chi connectivity index (χ1n) is 9.30. The quantitative estimate of drug-likeness (QED) is 0.211. The van der Waals surface area contributed by atoms with Gasteiger partial charge in [0.15, 0.2) is 34.5 Å². The first kappa shape index (κ1) is 21.7. The van der Waals surface area contributed by atoms with Gasteiger partial charge < -0.3 is 17.2 Å². The number of benzene rings is 2. The maximum absolute atomic E-state index is 10.8. The number of anilines is 3. The molecule has 0 aliphatic carbocycles. The molecule has 16 heteroatoms. The molecule has 0 aliphatic rings. The van der Waals surface area contributed by atoms with E-state index in [1.165, 1.54) is 53.0 Å². The van der Waals surface area contributed by atoms with Crippen molar-refractivity contribution in [3.63, 3.8) is 0 Å². The van der Waals surface area contributed by atoms with Crippen molar-refractivity contribution >= 4 is 57.2 Å². The molecular weight excluding hydrogens is 448 g/mol. The summed E-state index contributed by atoms with van der Waals surface area (Å²) in [5, 5.41) is 41.6. The van der Waals surface area contributed by atoms with E-state index in [0.717, 1.165) is 0 Å². The van der Waals surface area contributed by atoms with Gasteiger partial charge in [0.1, 0.15) is 0 Å². The van der Waals surface area contributed by atoms with Crippen molar-refractivity contribution in [2.45, 2.75) is 0 Å². The lowest BCUT2D eigenvalue weighted by molar-refractivity contribution is -0.385. The predicted molar refractivity (Wildman–Crippen MR) is 121 cm³/mol. The van der Waals surface area contributed by atoms with Gasteiger partial charge in [-0.3, -0.25) is 20.2 Å². The molecule has 16 nitrogen and oxygen atoms in total. The zero-order valence-electron chi connectivity index (χ0n) is 17.0. The molecule has 0 spiro atoms. The summed E-state index contributed by atoms with van der Waals surface area (Å²) in [6, 6.07) is 10.8. The van der Waals surface area contributed by atoms with E-state index in [1.54, 1.807) is 0 Å². The maximum atomic E-state index is 10.8. The molecule has 2 aromatic carbocycles. The van der Waals surface area contributed by atoms with Crippen LogP contribution in [0.3, 0.4) is 0 Å². The third kappa shape index (κ3) is 4.13. The van der Waals surface area contributed by atoms with Crippen LogP contribution in [0.25, 0.3) is 5.65 Å². The van der Waals surface area contributed by atoms with Gasteiger partial charge in [-0.05, 0) is 24.3 Å². The zero-order valence-corrected chi connectivity index (χ0v) is 17.0. The Morgan fingerprint density at radius 1 is 0.706 bits per heavy atom. The molecule has 0 fully saturated rings. The van der Waals surface area contributed by atoms with Gasteiger partial charge in [0.2, 0.25) is 0 Å². The van der Waals surface area contributed by atoms with Crippen LogP contribution < -0.4 is 17.2 Å². The van der Waals surface area contributed by atoms with Crippen LogP contribution in [-0.2, 0) is 0 Å². The highest BCUT2D eigenvalue weighted by molar-refractivity contribution is 5.83. The van der Waals surface area contributed by atoms with Crippen LogP contribution in [-0.4, -0.2) is 24.4 Å². The number of aromatic nitrogens is 3. The Kier molecular flexibility index (Phi) is 5.44. The number of nitrogens with zero attached hydrogens (tertiary/aromatic N) is 9. The molecule has 0 bridgehead atoms. The highest BCUT2D eigenvalue weighted by atomic mass is 16.6. The van der Waals surface area contributed by atoms with Crippen molar-refractivity contribution in [1.29, 1.82) is 0 Å². The van der Waals surface area contributed by atoms with Crippen molar-refractivity contribution < 1.29 is 9.85 Å². The smallest absolute Gasteiger partial charge is 0.269 e. The van der Waals surface area contributed by atoms with Crippen LogP contribution in [0.15, 0.2) is 69.0 Å². The van der Waals surface area contributed by atoms with Crippen LogP contribution in [0.2, 0.25) is 0 Å². The molecule has 170 valence electrons. The second kappa shape index (κ2) is 8.54. The number of non-ortho nitro benzene ring substituents is 2. The second-order valence-corrected chi connectivity index (χ2v) is 6.65. The molecule has 34 heavy (non-hydrogen) atoms. The minimum absolute atomic E-state index is 0.00668. The van der Waals surface area contributed by atoms with Crippen molar-refractivity contribution in [3.8, 4) is 0 Å². The first-order chi connectivity index (χ1) is 16.2. The van der Waals surface area contributed by atoms with Gasteiger partial charge in [0.05, 0.1) is 21.2 Å². The summed E-state index contributed by atoms with van der Waals surface area (Å²) in [6.07, 6.45) is 0.